The van der Waals surface area contributed by atoms with Gasteiger partial charge in [0.2, 0.25) is 8.67 Å². The lowest BCUT2D eigenvalue weighted by atomic mass is 9.98. The third-order valence-corrected chi connectivity index (χ3v) is 3.19. The second-order valence-electron chi connectivity index (χ2n) is 3.68. The van der Waals surface area contributed by atoms with Crippen LogP contribution < -0.4 is 0 Å². The zero-order valence-corrected chi connectivity index (χ0v) is 9.29. The Kier molecular flexibility index (Phi) is 3.76. The van der Waals surface area contributed by atoms with Crippen molar-refractivity contribution < 1.29 is 8.39 Å². The summed E-state index contributed by atoms with van der Waals surface area (Å²) in [5.74, 6) is 2.53. The van der Waals surface area contributed by atoms with Gasteiger partial charge in [0.05, 0.1) is 6.26 Å². The fourth-order valence-electron chi connectivity index (χ4n) is 1.89. The van der Waals surface area contributed by atoms with Crippen molar-refractivity contribution in [2.45, 2.75) is 38.5 Å². The predicted molar refractivity (Wildman–Crippen MR) is 58.2 cm³/mol. The van der Waals surface area contributed by atoms with Crippen molar-refractivity contribution in [1.29, 1.82) is 0 Å². The Hall–Kier alpha value is -0.620. The van der Waals surface area contributed by atoms with Crippen LogP contribution in [0.3, 0.4) is 0 Å². The van der Waals surface area contributed by atoms with E-state index in [1.54, 1.807) is 6.26 Å². The normalized spacial score (nSPS) is 19.4. The largest absolute Gasteiger partial charge is 0.430 e. The molecular weight excluding hydrogens is 195 g/mol. The quantitative estimate of drug-likeness (QED) is 0.647. The molecule has 1 fully saturated rings. The van der Waals surface area contributed by atoms with Crippen molar-refractivity contribution in [2.24, 2.45) is 0 Å². The molecule has 0 N–H and O–H groups in total. The molecule has 1 heterocycles. The molecule has 0 amide bonds. The Bertz CT molecular complexity index is 269. The van der Waals surface area contributed by atoms with Gasteiger partial charge in [-0.1, -0.05) is 25.7 Å². The van der Waals surface area contributed by atoms with Crippen LogP contribution in [0.5, 0.6) is 0 Å². The minimum atomic E-state index is 0.121. The molecule has 1 radical (unpaired) electrons. The van der Waals surface area contributed by atoms with Crippen molar-refractivity contribution in [3.63, 3.8) is 0 Å². The van der Waals surface area contributed by atoms with Gasteiger partial charge < -0.3 is 8.39 Å². The van der Waals surface area contributed by atoms with E-state index in [0.717, 1.165) is 5.76 Å². The van der Waals surface area contributed by atoms with E-state index >= 15 is 0 Å². The van der Waals surface area contributed by atoms with Crippen molar-refractivity contribution in [2.75, 3.05) is 0 Å². The third-order valence-electron chi connectivity index (χ3n) is 2.65. The van der Waals surface area contributed by atoms with Crippen LogP contribution in [-0.4, -0.2) is 0 Å². The van der Waals surface area contributed by atoms with Crippen LogP contribution in [0.4, 0.5) is 0 Å². The maximum Gasteiger partial charge on any atom is 0.200 e. The zero-order chi connectivity index (χ0) is 9.64. The third kappa shape index (κ3) is 2.68. The Morgan fingerprint density at radius 3 is 2.64 bits per heavy atom. The molecule has 1 aromatic rings. The highest BCUT2D eigenvalue weighted by molar-refractivity contribution is 7.15. The molecule has 1 aliphatic carbocycles. The molecule has 14 heavy (non-hydrogen) atoms. The van der Waals surface area contributed by atoms with E-state index in [9.17, 15) is 0 Å². The van der Waals surface area contributed by atoms with Gasteiger partial charge in [-0.2, -0.15) is 0 Å². The van der Waals surface area contributed by atoms with E-state index in [2.05, 4.69) is 0 Å². The average molecular weight is 211 g/mol. The highest BCUT2D eigenvalue weighted by Gasteiger charge is 2.16. The lowest BCUT2D eigenvalue weighted by Gasteiger charge is -2.09. The Morgan fingerprint density at radius 1 is 1.07 bits per heavy atom. The fourth-order valence-corrected chi connectivity index (χ4v) is 2.37. The molecule has 1 saturated carbocycles. The van der Waals surface area contributed by atoms with Crippen molar-refractivity contribution in [1.82, 2.24) is 0 Å². The van der Waals surface area contributed by atoms with E-state index < -0.39 is 0 Å². The number of rotatable bonds is 1. The molecule has 0 spiro atoms. The van der Waals surface area contributed by atoms with E-state index in [0.29, 0.717) is 0 Å². The Balaban J connectivity index is 2.13. The monoisotopic (exact) mass is 211 g/mol. The summed E-state index contributed by atoms with van der Waals surface area (Å²) < 4.78 is 10.7. The summed E-state index contributed by atoms with van der Waals surface area (Å²) in [5, 5.41) is 0. The molecule has 0 saturated heterocycles. The second kappa shape index (κ2) is 5.31. The first-order valence-electron chi connectivity index (χ1n) is 5.26. The van der Waals surface area contributed by atoms with Crippen LogP contribution in [0.2, 0.25) is 0 Å². The topological polar surface area (TPSA) is 26.3 Å². The van der Waals surface area contributed by atoms with Gasteiger partial charge in [0.25, 0.3) is 0 Å². The number of hydrogen-bond donors (Lipinski definition) is 0. The molecular formula is C11H16O2P. The predicted octanol–water partition coefficient (Wildman–Crippen LogP) is 4.31. The molecule has 1 atom stereocenters. The summed E-state index contributed by atoms with van der Waals surface area (Å²) in [4.78, 5) is 0. The SMILES string of the molecule is c1co[pH]oc([C]2CCCCCC2)c1. The number of hydrogen-bond acceptors (Lipinski definition) is 2. The maximum atomic E-state index is 5.57. The summed E-state index contributed by atoms with van der Waals surface area (Å²) in [6.07, 6.45) is 9.45. The van der Waals surface area contributed by atoms with E-state index in [4.69, 9.17) is 8.39 Å². The van der Waals surface area contributed by atoms with Crippen molar-refractivity contribution in [3.8, 4) is 0 Å². The van der Waals surface area contributed by atoms with Crippen molar-refractivity contribution in [3.05, 3.63) is 30.1 Å². The van der Waals surface area contributed by atoms with Gasteiger partial charge >= 0.3 is 0 Å². The highest BCUT2D eigenvalue weighted by Crippen LogP contribution is 2.30. The van der Waals surface area contributed by atoms with Crippen LogP contribution in [0.1, 0.15) is 44.3 Å². The van der Waals surface area contributed by atoms with E-state index in [1.807, 2.05) is 12.1 Å². The van der Waals surface area contributed by atoms with Crippen LogP contribution in [0.15, 0.2) is 26.8 Å². The highest BCUT2D eigenvalue weighted by atomic mass is 31.1. The molecule has 2 nitrogen and oxygen atoms in total. The lowest BCUT2D eigenvalue weighted by molar-refractivity contribution is 0.557. The van der Waals surface area contributed by atoms with Crippen molar-refractivity contribution >= 4 is 8.67 Å². The molecule has 1 aromatic heterocycles. The first kappa shape index (κ1) is 9.92. The zero-order valence-electron chi connectivity index (χ0n) is 8.29. The van der Waals surface area contributed by atoms with Crippen LogP contribution in [0.25, 0.3) is 0 Å². The summed E-state index contributed by atoms with van der Waals surface area (Å²) in [5.41, 5.74) is 0. The smallest absolute Gasteiger partial charge is 0.200 e. The average Bonchev–Trinajstić information content (AvgIpc) is 2.62. The molecule has 3 heteroatoms. The molecule has 0 aromatic carbocycles. The molecule has 1 unspecified atom stereocenters. The van der Waals surface area contributed by atoms with Crippen LogP contribution in [0, 0.1) is 5.92 Å². The lowest BCUT2D eigenvalue weighted by Crippen LogP contribution is -1.96. The minimum Gasteiger partial charge on any atom is -0.430 e. The molecule has 2 rings (SSSR count). The fraction of sp³-hybridized carbons (Fsp3) is 0.545. The van der Waals surface area contributed by atoms with Crippen LogP contribution in [-0.2, 0) is 0 Å². The molecule has 1 aliphatic rings. The summed E-state index contributed by atoms with van der Waals surface area (Å²) in [6.45, 7) is 0. The molecule has 0 bridgehead atoms. The Labute approximate surface area is 86.3 Å². The van der Waals surface area contributed by atoms with E-state index in [-0.39, 0.29) is 8.67 Å². The summed E-state index contributed by atoms with van der Waals surface area (Å²) in [6, 6.07) is 3.95. The Morgan fingerprint density at radius 2 is 1.86 bits per heavy atom. The van der Waals surface area contributed by atoms with Gasteiger partial charge in [-0.15, -0.1) is 0 Å². The van der Waals surface area contributed by atoms with Gasteiger partial charge in [0.15, 0.2) is 0 Å². The minimum absolute atomic E-state index is 0.121. The van der Waals surface area contributed by atoms with Gasteiger partial charge in [0.1, 0.15) is 5.76 Å². The van der Waals surface area contributed by atoms with Gasteiger partial charge in [-0.05, 0) is 25.0 Å². The van der Waals surface area contributed by atoms with E-state index in [1.165, 1.54) is 44.4 Å². The first-order chi connectivity index (χ1) is 6.97. The second-order valence-corrected chi connectivity index (χ2v) is 4.29. The summed E-state index contributed by atoms with van der Waals surface area (Å²) >= 11 is 0. The van der Waals surface area contributed by atoms with Gasteiger partial charge in [-0.25, -0.2) is 0 Å². The molecule has 0 aliphatic heterocycles. The van der Waals surface area contributed by atoms with Gasteiger partial charge in [0, 0.05) is 5.92 Å². The first-order valence-corrected chi connectivity index (χ1v) is 6.08. The molecule has 77 valence electrons. The van der Waals surface area contributed by atoms with Gasteiger partial charge in [-0.3, -0.25) is 0 Å². The summed E-state index contributed by atoms with van der Waals surface area (Å²) in [7, 11) is 0.121. The van der Waals surface area contributed by atoms with Crippen LogP contribution >= 0.6 is 8.67 Å². The maximum absolute atomic E-state index is 5.57. The standard InChI is InChI=1S/C11H16O2P/c1-2-4-7-10(6-3-1)11-8-5-9-12-14-13-11/h5,8-9,14H,1-4,6-7H2.